The molecule has 10 heteroatoms. The summed E-state index contributed by atoms with van der Waals surface area (Å²) in [5.74, 6) is -0.204. The quantitative estimate of drug-likeness (QED) is 0.0716. The molecule has 0 aliphatic carbocycles. The van der Waals surface area contributed by atoms with Crippen molar-refractivity contribution in [2.45, 2.75) is 107 Å². The number of hydrogen-bond donors (Lipinski definition) is 3. The summed E-state index contributed by atoms with van der Waals surface area (Å²) in [7, 11) is 0. The van der Waals surface area contributed by atoms with E-state index in [4.69, 9.17) is 70.2 Å². The van der Waals surface area contributed by atoms with Gasteiger partial charge in [0.05, 0.1) is 10.7 Å². The van der Waals surface area contributed by atoms with Gasteiger partial charge in [-0.3, -0.25) is 4.79 Å². The second kappa shape index (κ2) is 19.0. The van der Waals surface area contributed by atoms with Crippen LogP contribution >= 0.6 is 70.2 Å². The standard InChI is InChI=1S/C25H38Cl5N3OS/c1-2-3-4-5-6-7-8-9-10-11-12-13-14-15-22(34)32-23(25(28,29)30)33-24(35)31-21-17-16-19(26)18-20(21)27/h16-18,23H,2-15H2,1H3,(H,32,34)(H2,31,33,35)/t23-/m1/s1. The van der Waals surface area contributed by atoms with E-state index < -0.39 is 9.96 Å². The molecule has 1 amide bonds. The predicted octanol–water partition coefficient (Wildman–Crippen LogP) is 9.57. The smallest absolute Gasteiger partial charge is 0.228 e. The van der Waals surface area contributed by atoms with Gasteiger partial charge in [-0.1, -0.05) is 142 Å². The van der Waals surface area contributed by atoms with E-state index in [0.717, 1.165) is 19.3 Å². The van der Waals surface area contributed by atoms with Gasteiger partial charge in [0.2, 0.25) is 9.70 Å². The van der Waals surface area contributed by atoms with E-state index >= 15 is 0 Å². The Morgan fingerprint density at radius 2 is 1.37 bits per heavy atom. The monoisotopic (exact) mass is 603 g/mol. The Balaban J connectivity index is 2.23. The highest BCUT2D eigenvalue weighted by atomic mass is 35.6. The number of unbranched alkanes of at least 4 members (excludes halogenated alkanes) is 12. The van der Waals surface area contributed by atoms with Crippen molar-refractivity contribution in [3.05, 3.63) is 28.2 Å². The van der Waals surface area contributed by atoms with Crippen LogP contribution in [0.1, 0.15) is 96.8 Å². The van der Waals surface area contributed by atoms with Crippen LogP contribution in [-0.4, -0.2) is 21.0 Å². The second-order valence-corrected chi connectivity index (χ2v) is 12.4. The molecule has 0 aliphatic rings. The SMILES string of the molecule is CCCCCCCCCCCCCCCC(=O)N[C@H](NC(=S)Nc1ccc(Cl)cc1Cl)C(Cl)(Cl)Cl. The molecule has 0 saturated heterocycles. The zero-order chi connectivity index (χ0) is 26.1. The number of carbonyl (C=O) groups is 1. The molecule has 0 fully saturated rings. The number of rotatable bonds is 17. The average Bonchev–Trinajstić information content (AvgIpc) is 2.78. The minimum Gasteiger partial charge on any atom is -0.339 e. The first-order valence-electron chi connectivity index (χ1n) is 12.5. The number of alkyl halides is 3. The van der Waals surface area contributed by atoms with Gasteiger partial charge in [0.25, 0.3) is 0 Å². The lowest BCUT2D eigenvalue weighted by molar-refractivity contribution is -0.122. The third-order valence-electron chi connectivity index (χ3n) is 5.59. The highest BCUT2D eigenvalue weighted by Gasteiger charge is 2.34. The molecule has 35 heavy (non-hydrogen) atoms. The van der Waals surface area contributed by atoms with Crippen LogP contribution < -0.4 is 16.0 Å². The number of anilines is 1. The molecule has 0 aromatic heterocycles. The van der Waals surface area contributed by atoms with Gasteiger partial charge in [0, 0.05) is 11.4 Å². The average molecular weight is 606 g/mol. The van der Waals surface area contributed by atoms with Crippen LogP contribution in [0.4, 0.5) is 5.69 Å². The van der Waals surface area contributed by atoms with E-state index in [1.807, 2.05) is 0 Å². The third-order valence-corrected chi connectivity index (χ3v) is 7.02. The van der Waals surface area contributed by atoms with Gasteiger partial charge in [-0.2, -0.15) is 0 Å². The Morgan fingerprint density at radius 3 is 1.86 bits per heavy atom. The molecular weight excluding hydrogens is 568 g/mol. The van der Waals surface area contributed by atoms with Gasteiger partial charge < -0.3 is 16.0 Å². The van der Waals surface area contributed by atoms with Crippen molar-refractivity contribution in [2.24, 2.45) is 0 Å². The number of carbonyl (C=O) groups excluding carboxylic acids is 1. The van der Waals surface area contributed by atoms with Gasteiger partial charge in [-0.15, -0.1) is 0 Å². The lowest BCUT2D eigenvalue weighted by atomic mass is 10.0. The van der Waals surface area contributed by atoms with Crippen LogP contribution in [0.25, 0.3) is 0 Å². The molecule has 0 spiro atoms. The molecule has 0 bridgehead atoms. The Labute approximate surface area is 241 Å². The molecule has 1 aromatic carbocycles. The fraction of sp³-hybridized carbons (Fsp3) is 0.680. The Kier molecular flexibility index (Phi) is 17.8. The Hall–Kier alpha value is -0.170. The van der Waals surface area contributed by atoms with Crippen molar-refractivity contribution in [3.63, 3.8) is 0 Å². The van der Waals surface area contributed by atoms with Crippen molar-refractivity contribution < 1.29 is 4.79 Å². The maximum Gasteiger partial charge on any atom is 0.228 e. The van der Waals surface area contributed by atoms with Gasteiger partial charge in [-0.25, -0.2) is 0 Å². The minimum absolute atomic E-state index is 0.145. The summed E-state index contributed by atoms with van der Waals surface area (Å²) in [5.41, 5.74) is 0.537. The van der Waals surface area contributed by atoms with Crippen LogP contribution in [0.2, 0.25) is 10.0 Å². The fourth-order valence-electron chi connectivity index (χ4n) is 3.62. The summed E-state index contributed by atoms with van der Waals surface area (Å²) in [6.07, 6.45) is 15.6. The van der Waals surface area contributed by atoms with E-state index in [1.165, 1.54) is 64.2 Å². The van der Waals surface area contributed by atoms with Crippen molar-refractivity contribution in [1.82, 2.24) is 10.6 Å². The number of halogens is 5. The Morgan fingerprint density at radius 1 is 0.857 bits per heavy atom. The maximum absolute atomic E-state index is 12.4. The first kappa shape index (κ1) is 32.9. The van der Waals surface area contributed by atoms with Crippen LogP contribution in [-0.2, 0) is 4.79 Å². The zero-order valence-corrected chi connectivity index (χ0v) is 25.0. The molecule has 1 atom stereocenters. The number of hydrogen-bond acceptors (Lipinski definition) is 2. The van der Waals surface area contributed by atoms with E-state index in [2.05, 4.69) is 22.9 Å². The molecule has 4 nitrogen and oxygen atoms in total. The summed E-state index contributed by atoms with van der Waals surface area (Å²) in [6, 6.07) is 4.93. The van der Waals surface area contributed by atoms with Gasteiger partial charge in [-0.05, 0) is 36.8 Å². The van der Waals surface area contributed by atoms with Gasteiger partial charge >= 0.3 is 0 Å². The van der Waals surface area contributed by atoms with E-state index in [9.17, 15) is 4.79 Å². The Bertz CT molecular complexity index is 761. The summed E-state index contributed by atoms with van der Waals surface area (Å²) < 4.78 is -1.80. The van der Waals surface area contributed by atoms with Crippen molar-refractivity contribution in [3.8, 4) is 0 Å². The van der Waals surface area contributed by atoms with Crippen LogP contribution in [0, 0.1) is 0 Å². The predicted molar refractivity (Wildman–Crippen MR) is 158 cm³/mol. The number of thiocarbonyl (C=S) groups is 1. The highest BCUT2D eigenvalue weighted by molar-refractivity contribution is 7.80. The van der Waals surface area contributed by atoms with Crippen molar-refractivity contribution in [1.29, 1.82) is 0 Å². The van der Waals surface area contributed by atoms with Crippen molar-refractivity contribution >= 4 is 86.9 Å². The second-order valence-electron chi connectivity index (χ2n) is 8.76. The lowest BCUT2D eigenvalue weighted by Crippen LogP contribution is -2.56. The molecule has 0 heterocycles. The molecule has 0 radical (unpaired) electrons. The summed E-state index contributed by atoms with van der Waals surface area (Å²) in [6.45, 7) is 2.25. The largest absolute Gasteiger partial charge is 0.339 e. The first-order valence-corrected chi connectivity index (χ1v) is 14.8. The molecule has 0 unspecified atom stereocenters. The van der Waals surface area contributed by atoms with E-state index in [-0.39, 0.29) is 11.0 Å². The van der Waals surface area contributed by atoms with Crippen LogP contribution in [0.15, 0.2) is 18.2 Å². The molecular formula is C25H38Cl5N3OS. The fourth-order valence-corrected chi connectivity index (χ4v) is 4.63. The van der Waals surface area contributed by atoms with Gasteiger partial charge in [0.1, 0.15) is 6.17 Å². The van der Waals surface area contributed by atoms with Crippen LogP contribution in [0.5, 0.6) is 0 Å². The topological polar surface area (TPSA) is 53.2 Å². The van der Waals surface area contributed by atoms with E-state index in [0.29, 0.717) is 22.2 Å². The normalized spacial score (nSPS) is 12.3. The summed E-state index contributed by atoms with van der Waals surface area (Å²) in [4.78, 5) is 12.4. The number of amides is 1. The van der Waals surface area contributed by atoms with Gasteiger partial charge in [0.15, 0.2) is 5.11 Å². The minimum atomic E-state index is -1.80. The molecule has 1 aromatic rings. The zero-order valence-electron chi connectivity index (χ0n) is 20.4. The summed E-state index contributed by atoms with van der Waals surface area (Å²) in [5, 5.41) is 9.48. The maximum atomic E-state index is 12.4. The molecule has 200 valence electrons. The third kappa shape index (κ3) is 16.3. The first-order chi connectivity index (χ1) is 16.6. The molecule has 0 saturated carbocycles. The number of nitrogens with one attached hydrogen (secondary N) is 3. The number of benzene rings is 1. The molecule has 1 rings (SSSR count). The lowest BCUT2D eigenvalue weighted by Gasteiger charge is -2.28. The molecule has 0 aliphatic heterocycles. The highest BCUT2D eigenvalue weighted by Crippen LogP contribution is 2.30. The van der Waals surface area contributed by atoms with Crippen LogP contribution in [0.3, 0.4) is 0 Å². The summed E-state index contributed by atoms with van der Waals surface area (Å²) >= 11 is 35.5. The van der Waals surface area contributed by atoms with Crippen molar-refractivity contribution in [2.75, 3.05) is 5.32 Å². The van der Waals surface area contributed by atoms with E-state index in [1.54, 1.807) is 18.2 Å². The molecule has 3 N–H and O–H groups in total.